The van der Waals surface area contributed by atoms with Gasteiger partial charge in [-0.1, -0.05) is 12.8 Å². The van der Waals surface area contributed by atoms with E-state index in [4.69, 9.17) is 0 Å². The summed E-state index contributed by atoms with van der Waals surface area (Å²) in [5, 5.41) is 0. The third-order valence-electron chi connectivity index (χ3n) is 0. The minimum absolute atomic E-state index is 1.66. The van der Waals surface area contributed by atoms with Crippen molar-refractivity contribution in [3.8, 4) is 0 Å². The van der Waals surface area contributed by atoms with Crippen molar-refractivity contribution in [2.75, 3.05) is 7.05 Å². The summed E-state index contributed by atoms with van der Waals surface area (Å²) < 4.78 is 1.66. The van der Waals surface area contributed by atoms with Gasteiger partial charge in [0, 0.05) is 29.9 Å². The van der Waals surface area contributed by atoms with Crippen LogP contribution in [0.1, 0.15) is 0 Å². The Kier molecular flexibility index (Phi) is 2.88. The highest BCUT2D eigenvalue weighted by Gasteiger charge is 1.63. The highest BCUT2D eigenvalue weighted by atomic mass is 127. The van der Waals surface area contributed by atoms with Gasteiger partial charge in [-0.2, -0.15) is 2.52 Å². The molecule has 26 valence electrons. The Bertz CT molecular complexity index is 12.8. The zero-order valence-electron chi connectivity index (χ0n) is 2.27. The number of hydrogen-bond acceptors (Lipinski definition) is 2. The molecule has 0 saturated carbocycles. The smallest absolute Gasteiger partial charge is 0.0314 e. The van der Waals surface area contributed by atoms with Gasteiger partial charge in [-0.3, -0.25) is 0 Å². The average Bonchev–Trinajstić information content (AvgIpc) is 0.811. The summed E-state index contributed by atoms with van der Waals surface area (Å²) in [4.78, 5) is 0. The maximum absolute atomic E-state index is 3.79. The van der Waals surface area contributed by atoms with E-state index in [2.05, 4.69) is 12.8 Å². The van der Waals surface area contributed by atoms with Crippen molar-refractivity contribution in [3.05, 3.63) is 0 Å². The second-order valence-corrected chi connectivity index (χ2v) is 3.26. The fourth-order valence-corrected chi connectivity index (χ4v) is 0. The predicted molar refractivity (Wildman–Crippen MR) is 30.8 cm³/mol. The van der Waals surface area contributed by atoms with Crippen LogP contribution in [0.5, 0.6) is 0 Å². The lowest BCUT2D eigenvalue weighted by Crippen LogP contribution is -1.76. The van der Waals surface area contributed by atoms with Gasteiger partial charge in [-0.05, 0) is 0 Å². The molecule has 0 amide bonds. The van der Waals surface area contributed by atoms with Crippen LogP contribution in [0.2, 0.25) is 0 Å². The fraction of sp³-hybridized carbons (Fsp3) is 1.00. The first-order valence-corrected chi connectivity index (χ1v) is 2.18. The summed E-state index contributed by atoms with van der Waals surface area (Å²) in [6.45, 7) is 0. The van der Waals surface area contributed by atoms with Gasteiger partial charge in [-0.25, -0.2) is 0 Å². The van der Waals surface area contributed by atoms with Crippen LogP contribution < -0.4 is 0 Å². The van der Waals surface area contributed by atoms with Gasteiger partial charge < -0.3 is 0 Å². The molecule has 0 aliphatic carbocycles. The maximum Gasteiger partial charge on any atom is 0.0314 e. The summed E-state index contributed by atoms with van der Waals surface area (Å²) in [5.74, 6) is 0. The zero-order valence-corrected chi connectivity index (χ0v) is 5.32. The number of halogens is 1. The molecule has 0 aromatic heterocycles. The Morgan fingerprint density at radius 1 is 2.00 bits per heavy atom. The first-order chi connectivity index (χ1) is 1.73. The van der Waals surface area contributed by atoms with Crippen molar-refractivity contribution < 1.29 is 0 Å². The molecule has 0 N–H and O–H groups in total. The SMILES string of the molecule is CN(S)I. The van der Waals surface area contributed by atoms with Crippen molar-refractivity contribution in [1.82, 2.24) is 2.52 Å². The second kappa shape index (κ2) is 2.29. The molecule has 0 aromatic rings. The van der Waals surface area contributed by atoms with Crippen molar-refractivity contribution in [2.24, 2.45) is 0 Å². The first kappa shape index (κ1) is 5.04. The first-order valence-electron chi connectivity index (χ1n) is 0.816. The molecule has 3 heteroatoms. The molecule has 0 heterocycles. The van der Waals surface area contributed by atoms with Crippen LogP contribution in [0.15, 0.2) is 0 Å². The van der Waals surface area contributed by atoms with Crippen LogP contribution in [0.3, 0.4) is 0 Å². The van der Waals surface area contributed by atoms with E-state index in [0.29, 0.717) is 0 Å². The highest BCUT2D eigenvalue weighted by Crippen LogP contribution is 1.92. The minimum Gasteiger partial charge on any atom is -0.197 e. The average molecular weight is 189 g/mol. The van der Waals surface area contributed by atoms with E-state index in [0.717, 1.165) is 0 Å². The Morgan fingerprint density at radius 2 is 2.00 bits per heavy atom. The maximum atomic E-state index is 3.79. The van der Waals surface area contributed by atoms with Crippen molar-refractivity contribution in [2.45, 2.75) is 0 Å². The van der Waals surface area contributed by atoms with Crippen molar-refractivity contribution in [1.29, 1.82) is 0 Å². The Labute approximate surface area is 45.4 Å². The van der Waals surface area contributed by atoms with E-state index >= 15 is 0 Å². The van der Waals surface area contributed by atoms with E-state index in [1.165, 1.54) is 0 Å². The fourth-order valence-electron chi connectivity index (χ4n) is 0. The van der Waals surface area contributed by atoms with Gasteiger partial charge in [0.2, 0.25) is 0 Å². The molecule has 0 rings (SSSR count). The van der Waals surface area contributed by atoms with Gasteiger partial charge in [0.25, 0.3) is 0 Å². The van der Waals surface area contributed by atoms with Gasteiger partial charge in [0.05, 0.1) is 0 Å². The lowest BCUT2D eigenvalue weighted by molar-refractivity contribution is 1.03. The third-order valence-corrected chi connectivity index (χ3v) is 0. The molecular weight excluding hydrogens is 185 g/mol. The largest absolute Gasteiger partial charge is 0.197 e. The molecule has 0 aliphatic heterocycles. The zero-order chi connectivity index (χ0) is 3.58. The lowest BCUT2D eigenvalue weighted by Gasteiger charge is -1.84. The number of hydrogen-bond donors (Lipinski definition) is 1. The Balaban J connectivity index is 2.32. The van der Waals surface area contributed by atoms with Gasteiger partial charge >= 0.3 is 0 Å². The molecule has 1 nitrogen and oxygen atoms in total. The summed E-state index contributed by atoms with van der Waals surface area (Å²) in [5.41, 5.74) is 0. The van der Waals surface area contributed by atoms with E-state index in [1.54, 1.807) is 2.52 Å². The van der Waals surface area contributed by atoms with Crippen LogP contribution in [-0.4, -0.2) is 9.57 Å². The van der Waals surface area contributed by atoms with E-state index in [-0.39, 0.29) is 0 Å². The molecule has 0 atom stereocenters. The number of thiol groups is 1. The van der Waals surface area contributed by atoms with Crippen LogP contribution in [0.4, 0.5) is 0 Å². The van der Waals surface area contributed by atoms with Crippen LogP contribution in [0.25, 0.3) is 0 Å². The third kappa shape index (κ3) is 11.7. The molecule has 0 unspecified atom stereocenters. The normalized spacial score (nSPS) is 9.00. The standard InChI is InChI=1S/CH4INS/c1-3(2)4/h4H,1H3. The summed E-state index contributed by atoms with van der Waals surface area (Å²) >= 11 is 5.83. The topological polar surface area (TPSA) is 3.24 Å². The monoisotopic (exact) mass is 189 g/mol. The van der Waals surface area contributed by atoms with Crippen LogP contribution >= 0.6 is 35.7 Å². The molecule has 0 aliphatic rings. The Morgan fingerprint density at radius 3 is 2.00 bits per heavy atom. The second-order valence-electron chi connectivity index (χ2n) is 0.445. The number of nitrogens with zero attached hydrogens (tertiary/aromatic N) is 1. The molecule has 0 fully saturated rings. The summed E-state index contributed by atoms with van der Waals surface area (Å²) in [6, 6.07) is 0. The minimum atomic E-state index is 1.66. The quantitative estimate of drug-likeness (QED) is 0.339. The molecule has 0 radical (unpaired) electrons. The summed E-state index contributed by atoms with van der Waals surface area (Å²) in [6.07, 6.45) is 0. The predicted octanol–water partition coefficient (Wildman–Crippen LogP) is 1.11. The highest BCUT2D eigenvalue weighted by molar-refractivity contribution is 14.1. The van der Waals surface area contributed by atoms with E-state index < -0.39 is 0 Å². The van der Waals surface area contributed by atoms with Gasteiger partial charge in [0.1, 0.15) is 0 Å². The Hall–Kier alpha value is 1.04. The lowest BCUT2D eigenvalue weighted by atomic mass is 11.6. The van der Waals surface area contributed by atoms with Crippen LogP contribution in [-0.2, 0) is 0 Å². The molecule has 0 saturated heterocycles. The van der Waals surface area contributed by atoms with Gasteiger partial charge in [0.15, 0.2) is 0 Å². The molecule has 4 heavy (non-hydrogen) atoms. The molecule has 0 aromatic carbocycles. The molecule has 0 spiro atoms. The van der Waals surface area contributed by atoms with Crippen molar-refractivity contribution in [3.63, 3.8) is 0 Å². The summed E-state index contributed by atoms with van der Waals surface area (Å²) in [7, 11) is 1.85. The molecular formula is CH4INS. The van der Waals surface area contributed by atoms with Crippen LogP contribution in [0, 0.1) is 0 Å². The van der Waals surface area contributed by atoms with E-state index in [9.17, 15) is 0 Å². The number of rotatable bonds is 0. The van der Waals surface area contributed by atoms with Crippen molar-refractivity contribution >= 4 is 35.7 Å². The molecule has 0 bridgehead atoms. The van der Waals surface area contributed by atoms with Gasteiger partial charge in [-0.15, -0.1) is 0 Å². The van der Waals surface area contributed by atoms with E-state index in [1.807, 2.05) is 29.9 Å².